The summed E-state index contributed by atoms with van der Waals surface area (Å²) in [7, 11) is 1.67. The molecule has 160 valence electrons. The molecule has 1 fully saturated rings. The maximum Gasteiger partial charge on any atom is 0.256 e. The topological polar surface area (TPSA) is 87.3 Å². The van der Waals surface area contributed by atoms with Gasteiger partial charge in [0.15, 0.2) is 5.16 Å². The molecule has 7 nitrogen and oxygen atoms in total. The van der Waals surface area contributed by atoms with E-state index < -0.39 is 0 Å². The number of H-pyrrole nitrogens is 1. The number of nitrogens with zero attached hydrogens (tertiary/aromatic N) is 2. The number of nitrogens with one attached hydrogen (secondary N) is 2. The Balaban J connectivity index is 1.37. The van der Waals surface area contributed by atoms with Crippen LogP contribution in [0.3, 0.4) is 0 Å². The normalized spacial score (nSPS) is 17.0. The minimum atomic E-state index is -0.108. The quantitative estimate of drug-likeness (QED) is 0.520. The molecule has 1 saturated carbocycles. The number of hydrogen-bond acceptors (Lipinski definition) is 6. The number of benzene rings is 1. The first-order valence-electron chi connectivity index (χ1n) is 10.5. The molecule has 2 aromatic rings. The van der Waals surface area contributed by atoms with Gasteiger partial charge in [0, 0.05) is 37.7 Å². The maximum absolute atomic E-state index is 12.7. The molecular weight excluding hydrogens is 400 g/mol. The average Bonchev–Trinajstić information content (AvgIpc) is 3.26. The van der Waals surface area contributed by atoms with Crippen LogP contribution >= 0.6 is 11.8 Å². The molecule has 0 unspecified atom stereocenters. The van der Waals surface area contributed by atoms with E-state index >= 15 is 0 Å². The minimum Gasteiger partial charge on any atom is -0.496 e. The number of carbonyl (C=O) groups excluding carboxylic acids is 1. The van der Waals surface area contributed by atoms with Crippen molar-refractivity contribution in [2.75, 3.05) is 19.4 Å². The third-order valence-corrected chi connectivity index (χ3v) is 6.65. The van der Waals surface area contributed by atoms with Crippen molar-refractivity contribution in [3.63, 3.8) is 0 Å². The van der Waals surface area contributed by atoms with E-state index in [1.165, 1.54) is 24.6 Å². The number of amides is 1. The lowest BCUT2D eigenvalue weighted by atomic mass is 10.1. The second-order valence-electron chi connectivity index (χ2n) is 7.91. The highest BCUT2D eigenvalue weighted by molar-refractivity contribution is 7.99. The van der Waals surface area contributed by atoms with E-state index in [2.05, 4.69) is 20.2 Å². The van der Waals surface area contributed by atoms with Crippen LogP contribution in [0.15, 0.2) is 34.2 Å². The van der Waals surface area contributed by atoms with Gasteiger partial charge in [-0.05, 0) is 18.9 Å². The van der Waals surface area contributed by atoms with Crippen LogP contribution in [0.25, 0.3) is 0 Å². The molecule has 1 aromatic carbocycles. The third kappa shape index (κ3) is 5.05. The summed E-state index contributed by atoms with van der Waals surface area (Å²) in [4.78, 5) is 34.5. The predicted octanol–water partition coefficient (Wildman–Crippen LogP) is 2.49. The Morgan fingerprint density at radius 3 is 2.93 bits per heavy atom. The number of ether oxygens (including phenoxy) is 1. The van der Waals surface area contributed by atoms with Gasteiger partial charge in [-0.1, -0.05) is 42.8 Å². The molecule has 0 spiro atoms. The lowest BCUT2D eigenvalue weighted by Crippen LogP contribution is -2.36. The van der Waals surface area contributed by atoms with Crippen molar-refractivity contribution in [1.29, 1.82) is 0 Å². The number of para-hydroxylation sites is 1. The summed E-state index contributed by atoms with van der Waals surface area (Å²) >= 11 is 1.30. The summed E-state index contributed by atoms with van der Waals surface area (Å²) in [6.07, 6.45) is 5.22. The van der Waals surface area contributed by atoms with Crippen LogP contribution < -0.4 is 15.6 Å². The fourth-order valence-electron chi connectivity index (χ4n) is 4.21. The highest BCUT2D eigenvalue weighted by Gasteiger charge is 2.23. The van der Waals surface area contributed by atoms with Gasteiger partial charge in [0.25, 0.3) is 5.56 Å². The Labute approximate surface area is 180 Å². The summed E-state index contributed by atoms with van der Waals surface area (Å²) in [5.41, 5.74) is 2.56. The van der Waals surface area contributed by atoms with Gasteiger partial charge in [0.2, 0.25) is 5.91 Å². The number of thioether (sulfide) groups is 1. The van der Waals surface area contributed by atoms with Crippen LogP contribution in [0, 0.1) is 0 Å². The van der Waals surface area contributed by atoms with Gasteiger partial charge in [-0.15, -0.1) is 0 Å². The largest absolute Gasteiger partial charge is 0.496 e. The van der Waals surface area contributed by atoms with E-state index in [0.717, 1.165) is 54.9 Å². The number of hydrogen-bond donors (Lipinski definition) is 2. The molecule has 2 heterocycles. The Hall–Kier alpha value is -2.32. The molecular formula is C22H28N4O3S. The lowest BCUT2D eigenvalue weighted by Gasteiger charge is -2.28. The first kappa shape index (κ1) is 20.9. The summed E-state index contributed by atoms with van der Waals surface area (Å²) in [6, 6.07) is 8.26. The minimum absolute atomic E-state index is 0.00949. The Morgan fingerprint density at radius 1 is 1.33 bits per heavy atom. The molecule has 0 atom stereocenters. The van der Waals surface area contributed by atoms with Crippen LogP contribution in [0.1, 0.15) is 42.5 Å². The predicted molar refractivity (Wildman–Crippen MR) is 117 cm³/mol. The first-order valence-corrected chi connectivity index (χ1v) is 11.5. The smallest absolute Gasteiger partial charge is 0.256 e. The van der Waals surface area contributed by atoms with Gasteiger partial charge < -0.3 is 15.0 Å². The SMILES string of the molecule is COc1ccccc1CN1CCc2nc(SCC(=O)NC3CCCC3)[nH]c(=O)c2C1. The maximum atomic E-state index is 12.7. The molecule has 2 N–H and O–H groups in total. The van der Waals surface area contributed by atoms with E-state index in [4.69, 9.17) is 4.74 Å². The zero-order chi connectivity index (χ0) is 20.9. The molecule has 0 radical (unpaired) electrons. The second kappa shape index (κ2) is 9.66. The summed E-state index contributed by atoms with van der Waals surface area (Å²) < 4.78 is 5.44. The summed E-state index contributed by atoms with van der Waals surface area (Å²) in [5.74, 6) is 1.14. The summed E-state index contributed by atoms with van der Waals surface area (Å²) in [5, 5.41) is 3.59. The van der Waals surface area contributed by atoms with E-state index in [1.54, 1.807) is 7.11 Å². The number of aromatic amines is 1. The van der Waals surface area contributed by atoms with Gasteiger partial charge in [0.1, 0.15) is 5.75 Å². The highest BCUT2D eigenvalue weighted by Crippen LogP contribution is 2.23. The molecule has 1 aliphatic heterocycles. The van der Waals surface area contributed by atoms with Crippen molar-refractivity contribution in [3.8, 4) is 5.75 Å². The van der Waals surface area contributed by atoms with Crippen LogP contribution in [0.5, 0.6) is 5.75 Å². The molecule has 1 aliphatic carbocycles. The number of methoxy groups -OCH3 is 1. The Bertz CT molecular complexity index is 956. The first-order chi connectivity index (χ1) is 14.6. The van der Waals surface area contributed by atoms with Crippen LogP contribution in [0.4, 0.5) is 0 Å². The number of fused-ring (bicyclic) bond motifs is 1. The third-order valence-electron chi connectivity index (χ3n) is 5.77. The average molecular weight is 429 g/mol. The second-order valence-corrected chi connectivity index (χ2v) is 8.87. The molecule has 1 amide bonds. The molecule has 4 rings (SSSR count). The van der Waals surface area contributed by atoms with Crippen molar-refractivity contribution in [2.24, 2.45) is 0 Å². The molecule has 2 aliphatic rings. The lowest BCUT2D eigenvalue weighted by molar-refractivity contribution is -0.119. The van der Waals surface area contributed by atoms with Crippen molar-refractivity contribution in [3.05, 3.63) is 51.4 Å². The van der Waals surface area contributed by atoms with E-state index in [0.29, 0.717) is 17.7 Å². The number of rotatable bonds is 7. The van der Waals surface area contributed by atoms with Gasteiger partial charge in [0.05, 0.1) is 24.1 Å². The van der Waals surface area contributed by atoms with Crippen molar-refractivity contribution < 1.29 is 9.53 Å². The highest BCUT2D eigenvalue weighted by atomic mass is 32.2. The zero-order valence-electron chi connectivity index (χ0n) is 17.3. The Morgan fingerprint density at radius 2 is 2.13 bits per heavy atom. The van der Waals surface area contributed by atoms with E-state index in [-0.39, 0.29) is 17.2 Å². The Kier molecular flexibility index (Phi) is 6.74. The van der Waals surface area contributed by atoms with Crippen LogP contribution in [-0.4, -0.2) is 46.2 Å². The fourth-order valence-corrected chi connectivity index (χ4v) is 4.90. The summed E-state index contributed by atoms with van der Waals surface area (Å²) in [6.45, 7) is 2.11. The van der Waals surface area contributed by atoms with Gasteiger partial charge in [-0.25, -0.2) is 4.98 Å². The van der Waals surface area contributed by atoms with Crippen molar-refractivity contribution >= 4 is 17.7 Å². The molecule has 0 saturated heterocycles. The molecule has 0 bridgehead atoms. The van der Waals surface area contributed by atoms with E-state index in [9.17, 15) is 9.59 Å². The fraction of sp³-hybridized carbons (Fsp3) is 0.500. The van der Waals surface area contributed by atoms with Crippen molar-refractivity contribution in [2.45, 2.75) is 56.4 Å². The molecule has 30 heavy (non-hydrogen) atoms. The van der Waals surface area contributed by atoms with Gasteiger partial charge in [-0.2, -0.15) is 0 Å². The van der Waals surface area contributed by atoms with Crippen LogP contribution in [-0.2, 0) is 24.3 Å². The number of aromatic nitrogens is 2. The van der Waals surface area contributed by atoms with E-state index in [1.807, 2.05) is 24.3 Å². The van der Waals surface area contributed by atoms with Crippen LogP contribution in [0.2, 0.25) is 0 Å². The van der Waals surface area contributed by atoms with Gasteiger partial charge in [-0.3, -0.25) is 14.5 Å². The molecule has 1 aromatic heterocycles. The molecule has 8 heteroatoms. The van der Waals surface area contributed by atoms with Crippen molar-refractivity contribution in [1.82, 2.24) is 20.2 Å². The van der Waals surface area contributed by atoms with Gasteiger partial charge >= 0.3 is 0 Å². The standard InChI is InChI=1S/C22H28N4O3S/c1-29-19-9-5-2-6-15(19)12-26-11-10-18-17(13-26)21(28)25-22(24-18)30-14-20(27)23-16-7-3-4-8-16/h2,5-6,9,16H,3-4,7-8,10-14H2,1H3,(H,23,27)(H,24,25,28). The number of carbonyl (C=O) groups is 1. The zero-order valence-corrected chi connectivity index (χ0v) is 18.1. The monoisotopic (exact) mass is 428 g/mol.